The van der Waals surface area contributed by atoms with Crippen molar-refractivity contribution in [3.8, 4) is 17.2 Å². The summed E-state index contributed by atoms with van der Waals surface area (Å²) in [5, 5.41) is 4.81. The zero-order valence-electron chi connectivity index (χ0n) is 18.2. The van der Waals surface area contributed by atoms with Crippen LogP contribution in [0.3, 0.4) is 0 Å². The van der Waals surface area contributed by atoms with Gasteiger partial charge >= 0.3 is 0 Å². The molecular weight excluding hydrogens is 434 g/mol. The van der Waals surface area contributed by atoms with Gasteiger partial charge in [0.2, 0.25) is 0 Å². The van der Waals surface area contributed by atoms with Gasteiger partial charge in [-0.3, -0.25) is 14.8 Å². The molecule has 5 rings (SSSR count). The van der Waals surface area contributed by atoms with Gasteiger partial charge in [-0.25, -0.2) is 0 Å². The van der Waals surface area contributed by atoms with Gasteiger partial charge in [0.25, 0.3) is 5.91 Å². The van der Waals surface area contributed by atoms with E-state index < -0.39 is 0 Å². The van der Waals surface area contributed by atoms with Crippen molar-refractivity contribution >= 4 is 38.2 Å². The third kappa shape index (κ3) is 4.23. The number of ether oxygens (including phenoxy) is 2. The molecule has 7 heteroatoms. The van der Waals surface area contributed by atoms with Gasteiger partial charge in [-0.2, -0.15) is 0 Å². The molecule has 0 fully saturated rings. The van der Waals surface area contributed by atoms with Gasteiger partial charge in [0, 0.05) is 51.6 Å². The molecule has 0 aliphatic carbocycles. The minimum absolute atomic E-state index is 0.0923. The molecule has 5 aromatic rings. The number of amides is 1. The molecule has 0 aliphatic rings. The number of nitrogens with zero attached hydrogens (tertiary/aromatic N) is 2. The summed E-state index contributed by atoms with van der Waals surface area (Å²) in [6, 6.07) is 17.2. The highest BCUT2D eigenvalue weighted by Gasteiger charge is 2.17. The Bertz CT molecular complexity index is 1460. The number of hydrogen-bond acceptors (Lipinski definition) is 6. The van der Waals surface area contributed by atoms with E-state index in [-0.39, 0.29) is 5.91 Å². The predicted octanol–water partition coefficient (Wildman–Crippen LogP) is 5.88. The normalized spacial score (nSPS) is 11.0. The number of pyridine rings is 2. The molecule has 1 N–H and O–H groups in total. The van der Waals surface area contributed by atoms with E-state index in [4.69, 9.17) is 9.47 Å². The van der Waals surface area contributed by atoms with Crippen molar-refractivity contribution < 1.29 is 14.3 Å². The second kappa shape index (κ2) is 8.88. The van der Waals surface area contributed by atoms with E-state index >= 15 is 0 Å². The number of hydrogen-bond donors (Lipinski definition) is 1. The van der Waals surface area contributed by atoms with Crippen LogP contribution in [-0.2, 0) is 6.54 Å². The topological polar surface area (TPSA) is 73.3 Å². The van der Waals surface area contributed by atoms with Crippen LogP contribution in [0.25, 0.3) is 21.0 Å². The van der Waals surface area contributed by atoms with Gasteiger partial charge in [0.15, 0.2) is 0 Å². The smallest absolute Gasteiger partial charge is 0.253 e. The third-order valence-corrected chi connectivity index (χ3v) is 6.45. The van der Waals surface area contributed by atoms with Crippen LogP contribution >= 0.6 is 11.3 Å². The average molecular weight is 456 g/mol. The first-order valence-electron chi connectivity index (χ1n) is 10.4. The number of methoxy groups -OCH3 is 1. The van der Waals surface area contributed by atoms with Gasteiger partial charge in [-0.1, -0.05) is 6.07 Å². The Morgan fingerprint density at radius 3 is 2.70 bits per heavy atom. The van der Waals surface area contributed by atoms with Crippen molar-refractivity contribution in [3.05, 3.63) is 89.2 Å². The molecule has 3 heterocycles. The molecule has 6 nitrogen and oxygen atoms in total. The predicted molar refractivity (Wildman–Crippen MR) is 130 cm³/mol. The van der Waals surface area contributed by atoms with E-state index in [1.165, 1.54) is 0 Å². The lowest BCUT2D eigenvalue weighted by molar-refractivity contribution is 0.0952. The fourth-order valence-electron chi connectivity index (χ4n) is 3.76. The summed E-state index contributed by atoms with van der Waals surface area (Å²) < 4.78 is 12.5. The van der Waals surface area contributed by atoms with Crippen molar-refractivity contribution in [2.24, 2.45) is 0 Å². The molecule has 33 heavy (non-hydrogen) atoms. The lowest BCUT2D eigenvalue weighted by Crippen LogP contribution is -2.23. The van der Waals surface area contributed by atoms with Crippen LogP contribution in [0.5, 0.6) is 17.2 Å². The van der Waals surface area contributed by atoms with Gasteiger partial charge in [-0.15, -0.1) is 11.3 Å². The van der Waals surface area contributed by atoms with Crippen LogP contribution in [-0.4, -0.2) is 23.0 Å². The zero-order chi connectivity index (χ0) is 22.8. The third-order valence-electron chi connectivity index (χ3n) is 5.38. The first-order valence-corrected chi connectivity index (χ1v) is 11.2. The van der Waals surface area contributed by atoms with E-state index in [0.717, 1.165) is 37.2 Å². The maximum absolute atomic E-state index is 12.9. The summed E-state index contributed by atoms with van der Waals surface area (Å²) in [4.78, 5) is 22.4. The average Bonchev–Trinajstić information content (AvgIpc) is 3.18. The number of aryl methyl sites for hydroxylation is 1. The van der Waals surface area contributed by atoms with Gasteiger partial charge in [0.1, 0.15) is 17.2 Å². The molecule has 3 aromatic heterocycles. The summed E-state index contributed by atoms with van der Waals surface area (Å²) in [6.07, 6.45) is 5.18. The molecule has 0 saturated heterocycles. The largest absolute Gasteiger partial charge is 0.497 e. The SMILES string of the molecule is COc1ccc2c(Oc3ccc4c(C(=O)NCc5cccnc5)c(C)sc4c3)ccnc2c1. The highest BCUT2D eigenvalue weighted by molar-refractivity contribution is 7.19. The molecule has 0 unspecified atom stereocenters. The molecule has 0 radical (unpaired) electrons. The fourth-order valence-corrected chi connectivity index (χ4v) is 4.85. The summed E-state index contributed by atoms with van der Waals surface area (Å²) in [7, 11) is 1.63. The summed E-state index contributed by atoms with van der Waals surface area (Å²) in [5.41, 5.74) is 2.46. The Balaban J connectivity index is 1.41. The first-order chi connectivity index (χ1) is 16.1. The number of thiophene rings is 1. The van der Waals surface area contributed by atoms with Crippen LogP contribution in [0.1, 0.15) is 20.8 Å². The number of rotatable bonds is 6. The number of aromatic nitrogens is 2. The minimum Gasteiger partial charge on any atom is -0.497 e. The molecular formula is C26H21N3O3S. The second-order valence-corrected chi connectivity index (χ2v) is 8.79. The number of benzene rings is 2. The number of fused-ring (bicyclic) bond motifs is 2. The van der Waals surface area contributed by atoms with Gasteiger partial charge in [-0.05, 0) is 55.0 Å². The van der Waals surface area contributed by atoms with Gasteiger partial charge in [0.05, 0.1) is 18.2 Å². The lowest BCUT2D eigenvalue weighted by Gasteiger charge is -2.10. The Morgan fingerprint density at radius 1 is 1.03 bits per heavy atom. The zero-order valence-corrected chi connectivity index (χ0v) is 19.0. The molecule has 0 spiro atoms. The van der Waals surface area contributed by atoms with Gasteiger partial charge < -0.3 is 14.8 Å². The highest BCUT2D eigenvalue weighted by atomic mass is 32.1. The van der Waals surface area contributed by atoms with Crippen LogP contribution in [0.15, 0.2) is 73.2 Å². The summed E-state index contributed by atoms with van der Waals surface area (Å²) in [5.74, 6) is 2.07. The first kappa shape index (κ1) is 20.9. The quantitative estimate of drug-likeness (QED) is 0.346. The molecule has 1 amide bonds. The molecule has 0 bridgehead atoms. The van der Waals surface area contributed by atoms with E-state index in [1.807, 2.05) is 61.5 Å². The Hall–Kier alpha value is -3.97. The van der Waals surface area contributed by atoms with E-state index in [2.05, 4.69) is 15.3 Å². The number of carbonyl (C=O) groups excluding carboxylic acids is 1. The lowest BCUT2D eigenvalue weighted by atomic mass is 10.1. The van der Waals surface area contributed by atoms with Crippen molar-refractivity contribution in [1.29, 1.82) is 0 Å². The van der Waals surface area contributed by atoms with E-state index in [9.17, 15) is 4.79 Å². The number of nitrogens with one attached hydrogen (secondary N) is 1. The van der Waals surface area contributed by atoms with E-state index in [0.29, 0.717) is 23.6 Å². The molecule has 0 atom stereocenters. The standard InChI is InChI=1S/C26H21N3O3S/c1-16-25(26(30)29-15-17-4-3-10-27-14-17)21-8-6-19(13-24(21)33-16)32-23-9-11-28-22-12-18(31-2)5-7-20(22)23/h3-14H,15H2,1-2H3,(H,29,30). The van der Waals surface area contributed by atoms with Crippen LogP contribution in [0.2, 0.25) is 0 Å². The minimum atomic E-state index is -0.0923. The second-order valence-electron chi connectivity index (χ2n) is 7.53. The van der Waals surface area contributed by atoms with Crippen molar-refractivity contribution in [1.82, 2.24) is 15.3 Å². The summed E-state index contributed by atoms with van der Waals surface area (Å²) in [6.45, 7) is 2.40. The maximum atomic E-state index is 12.9. The van der Waals surface area contributed by atoms with Crippen molar-refractivity contribution in [2.75, 3.05) is 7.11 Å². The Morgan fingerprint density at radius 2 is 1.88 bits per heavy atom. The maximum Gasteiger partial charge on any atom is 0.253 e. The fraction of sp³-hybridized carbons (Fsp3) is 0.115. The summed E-state index contributed by atoms with van der Waals surface area (Å²) >= 11 is 1.58. The van der Waals surface area contributed by atoms with Crippen LogP contribution in [0, 0.1) is 6.92 Å². The van der Waals surface area contributed by atoms with E-state index in [1.54, 1.807) is 37.0 Å². The Labute approximate surface area is 194 Å². The van der Waals surface area contributed by atoms with Crippen LogP contribution in [0.4, 0.5) is 0 Å². The van der Waals surface area contributed by atoms with Crippen molar-refractivity contribution in [2.45, 2.75) is 13.5 Å². The monoisotopic (exact) mass is 455 g/mol. The molecule has 0 saturated carbocycles. The highest BCUT2D eigenvalue weighted by Crippen LogP contribution is 2.36. The molecule has 2 aromatic carbocycles. The van der Waals surface area contributed by atoms with Crippen molar-refractivity contribution in [3.63, 3.8) is 0 Å². The Kier molecular flexibility index (Phi) is 5.62. The molecule has 164 valence electrons. The number of carbonyl (C=O) groups is 1. The van der Waals surface area contributed by atoms with Crippen LogP contribution < -0.4 is 14.8 Å². The molecule has 0 aliphatic heterocycles.